The lowest BCUT2D eigenvalue weighted by Crippen LogP contribution is -2.44. The van der Waals surface area contributed by atoms with Gasteiger partial charge in [-0.1, -0.05) is 42.5 Å². The topological polar surface area (TPSA) is 70.7 Å². The number of ether oxygens (including phenoxy) is 1. The quantitative estimate of drug-likeness (QED) is 0.372. The molecule has 0 saturated carbocycles. The Hall–Kier alpha value is -4.01. The number of hydrogen-bond acceptors (Lipinski definition) is 3. The molecule has 2 atom stereocenters. The largest absolute Gasteiger partial charge is 0.446 e. The molecule has 0 bridgehead atoms. The third-order valence-corrected chi connectivity index (χ3v) is 6.12. The van der Waals surface area contributed by atoms with Gasteiger partial charge in [-0.05, 0) is 49.2 Å². The van der Waals surface area contributed by atoms with Crippen molar-refractivity contribution in [2.45, 2.75) is 38.8 Å². The number of nitrogens with one attached hydrogen (secondary N) is 2. The van der Waals surface area contributed by atoms with Gasteiger partial charge in [-0.3, -0.25) is 0 Å². The third kappa shape index (κ3) is 8.26. The van der Waals surface area contributed by atoms with E-state index in [1.165, 1.54) is 24.3 Å². The van der Waals surface area contributed by atoms with E-state index in [0.717, 1.165) is 11.6 Å². The molecule has 3 aromatic rings. The number of nitrogens with zero attached hydrogens (tertiary/aromatic N) is 1. The summed E-state index contributed by atoms with van der Waals surface area (Å²) in [5.41, 5.74) is 1.84. The van der Waals surface area contributed by atoms with Crippen LogP contribution in [0.4, 0.5) is 22.8 Å². The van der Waals surface area contributed by atoms with Crippen LogP contribution in [0.15, 0.2) is 72.8 Å². The zero-order valence-electron chi connectivity index (χ0n) is 21.4. The first-order chi connectivity index (χ1) is 18.3. The number of cyclic esters (lactones) is 1. The maximum atomic E-state index is 14.0. The van der Waals surface area contributed by atoms with Gasteiger partial charge >= 0.3 is 12.1 Å². The van der Waals surface area contributed by atoms with Crippen molar-refractivity contribution in [3.8, 4) is 11.1 Å². The van der Waals surface area contributed by atoms with E-state index in [2.05, 4.69) is 10.6 Å². The minimum Gasteiger partial charge on any atom is -0.446 e. The summed E-state index contributed by atoms with van der Waals surface area (Å²) < 4.78 is 44.6. The van der Waals surface area contributed by atoms with E-state index in [-0.39, 0.29) is 24.0 Å². The van der Waals surface area contributed by atoms with Gasteiger partial charge in [-0.2, -0.15) is 0 Å². The SMILES string of the molecule is CCNC(=O)NCCC1CCN(C(C)c2ccc(-c3ccc(F)cc3F)cc2)C(=O)O1.Fc1ccccc1. The molecule has 6 nitrogen and oxygen atoms in total. The predicted octanol–water partition coefficient (Wildman–Crippen LogP) is 6.44. The lowest BCUT2D eigenvalue weighted by molar-refractivity contribution is 0.0105. The smallest absolute Gasteiger partial charge is 0.410 e. The molecule has 1 aliphatic heterocycles. The summed E-state index contributed by atoms with van der Waals surface area (Å²) in [6.45, 7) is 5.27. The molecule has 0 radical (unpaired) electrons. The highest BCUT2D eigenvalue weighted by Crippen LogP contribution is 2.29. The van der Waals surface area contributed by atoms with Crippen molar-refractivity contribution in [3.05, 3.63) is 95.8 Å². The second kappa shape index (κ2) is 14.1. The van der Waals surface area contributed by atoms with Gasteiger partial charge in [0.05, 0.1) is 6.04 Å². The minimum absolute atomic E-state index is 0.178. The Labute approximate surface area is 220 Å². The van der Waals surface area contributed by atoms with Crippen LogP contribution in [0.1, 0.15) is 38.3 Å². The van der Waals surface area contributed by atoms with Crippen molar-refractivity contribution in [1.82, 2.24) is 15.5 Å². The molecule has 0 aromatic heterocycles. The predicted molar refractivity (Wildman–Crippen MR) is 140 cm³/mol. The summed E-state index contributed by atoms with van der Waals surface area (Å²) >= 11 is 0. The van der Waals surface area contributed by atoms with Crippen LogP contribution < -0.4 is 10.6 Å². The Morgan fingerprint density at radius 2 is 1.71 bits per heavy atom. The highest BCUT2D eigenvalue weighted by Gasteiger charge is 2.30. The number of halogens is 3. The molecular formula is C29H32F3N3O3. The Morgan fingerprint density at radius 3 is 2.29 bits per heavy atom. The number of amides is 3. The van der Waals surface area contributed by atoms with Crippen LogP contribution in [-0.2, 0) is 4.74 Å². The molecule has 1 fully saturated rings. The zero-order valence-corrected chi connectivity index (χ0v) is 21.4. The molecule has 38 heavy (non-hydrogen) atoms. The highest BCUT2D eigenvalue weighted by molar-refractivity contribution is 5.73. The first-order valence-electron chi connectivity index (χ1n) is 12.5. The van der Waals surface area contributed by atoms with Crippen LogP contribution in [0.3, 0.4) is 0 Å². The molecule has 0 spiro atoms. The minimum atomic E-state index is -0.617. The summed E-state index contributed by atoms with van der Waals surface area (Å²) in [6, 6.07) is 18.2. The molecule has 0 aliphatic carbocycles. The van der Waals surface area contributed by atoms with Gasteiger partial charge < -0.3 is 20.3 Å². The van der Waals surface area contributed by atoms with Gasteiger partial charge in [0.25, 0.3) is 0 Å². The van der Waals surface area contributed by atoms with E-state index in [1.54, 1.807) is 35.2 Å². The molecule has 1 aliphatic rings. The molecule has 3 amide bonds. The summed E-state index contributed by atoms with van der Waals surface area (Å²) in [6.07, 6.45) is 0.604. The van der Waals surface area contributed by atoms with Crippen LogP contribution in [0.2, 0.25) is 0 Å². The van der Waals surface area contributed by atoms with E-state index < -0.39 is 17.7 Å². The normalized spacial score (nSPS) is 15.6. The first kappa shape index (κ1) is 28.6. The van der Waals surface area contributed by atoms with Gasteiger partial charge in [-0.25, -0.2) is 22.8 Å². The van der Waals surface area contributed by atoms with E-state index in [0.29, 0.717) is 43.6 Å². The number of urea groups is 1. The van der Waals surface area contributed by atoms with Gasteiger partial charge in [0.15, 0.2) is 0 Å². The van der Waals surface area contributed by atoms with Crippen molar-refractivity contribution in [1.29, 1.82) is 0 Å². The average Bonchev–Trinajstić information content (AvgIpc) is 2.90. The Bertz CT molecular complexity index is 1190. The average molecular weight is 528 g/mol. The second-order valence-corrected chi connectivity index (χ2v) is 8.78. The molecule has 2 unspecified atom stereocenters. The molecule has 202 valence electrons. The maximum Gasteiger partial charge on any atom is 0.410 e. The number of carbonyl (C=O) groups excluding carboxylic acids is 2. The Morgan fingerprint density at radius 1 is 1.00 bits per heavy atom. The fraction of sp³-hybridized carbons (Fsp3) is 0.310. The van der Waals surface area contributed by atoms with Crippen molar-refractivity contribution < 1.29 is 27.5 Å². The van der Waals surface area contributed by atoms with Gasteiger partial charge in [0.1, 0.15) is 23.6 Å². The highest BCUT2D eigenvalue weighted by atomic mass is 19.1. The van der Waals surface area contributed by atoms with E-state index in [4.69, 9.17) is 4.74 Å². The van der Waals surface area contributed by atoms with Crippen molar-refractivity contribution in [2.24, 2.45) is 0 Å². The van der Waals surface area contributed by atoms with E-state index >= 15 is 0 Å². The molecule has 9 heteroatoms. The summed E-state index contributed by atoms with van der Waals surface area (Å²) in [4.78, 5) is 25.6. The molecule has 4 rings (SSSR count). The number of carbonyl (C=O) groups is 2. The lowest BCUT2D eigenvalue weighted by Gasteiger charge is -2.36. The zero-order chi connectivity index (χ0) is 27.5. The standard InChI is InChI=1S/C23H27F2N3O3.C6H5F/c1-3-26-22(29)27-12-10-19-11-13-28(23(30)31-19)15(2)16-4-6-17(7-5-16)20-9-8-18(24)14-21(20)25;7-6-4-2-1-3-5-6/h4-9,14-15,19H,3,10-13H2,1-2H3,(H2,26,27,29);1-5H. The Kier molecular flexibility index (Phi) is 10.6. The van der Waals surface area contributed by atoms with Crippen molar-refractivity contribution in [3.63, 3.8) is 0 Å². The fourth-order valence-electron chi connectivity index (χ4n) is 4.03. The van der Waals surface area contributed by atoms with Gasteiger partial charge in [0.2, 0.25) is 0 Å². The second-order valence-electron chi connectivity index (χ2n) is 8.78. The fourth-order valence-corrected chi connectivity index (χ4v) is 4.03. The summed E-state index contributed by atoms with van der Waals surface area (Å²) in [7, 11) is 0. The molecule has 1 heterocycles. The van der Waals surface area contributed by atoms with Crippen LogP contribution in [0, 0.1) is 17.5 Å². The van der Waals surface area contributed by atoms with E-state index in [1.807, 2.05) is 26.0 Å². The first-order valence-corrected chi connectivity index (χ1v) is 12.5. The van der Waals surface area contributed by atoms with Gasteiger partial charge in [0, 0.05) is 44.1 Å². The lowest BCUT2D eigenvalue weighted by atomic mass is 10.00. The molecular weight excluding hydrogens is 495 g/mol. The third-order valence-electron chi connectivity index (χ3n) is 6.12. The van der Waals surface area contributed by atoms with E-state index in [9.17, 15) is 22.8 Å². The monoisotopic (exact) mass is 527 g/mol. The van der Waals surface area contributed by atoms with Gasteiger partial charge in [-0.15, -0.1) is 0 Å². The van der Waals surface area contributed by atoms with Crippen LogP contribution in [0.25, 0.3) is 11.1 Å². The molecule has 2 N–H and O–H groups in total. The summed E-state index contributed by atoms with van der Waals surface area (Å²) in [5, 5.41) is 5.38. The molecule has 3 aromatic carbocycles. The molecule has 1 saturated heterocycles. The number of benzene rings is 3. The van der Waals surface area contributed by atoms with Crippen molar-refractivity contribution >= 4 is 12.1 Å². The maximum absolute atomic E-state index is 14.0. The number of rotatable bonds is 7. The van der Waals surface area contributed by atoms with Crippen molar-refractivity contribution in [2.75, 3.05) is 19.6 Å². The van der Waals surface area contributed by atoms with Crippen LogP contribution in [0.5, 0.6) is 0 Å². The Balaban J connectivity index is 0.000000494. The van der Waals surface area contributed by atoms with Crippen LogP contribution in [-0.4, -0.2) is 42.8 Å². The summed E-state index contributed by atoms with van der Waals surface area (Å²) in [5.74, 6) is -1.41. The van der Waals surface area contributed by atoms with Crippen LogP contribution >= 0.6 is 0 Å². The number of hydrogen-bond donors (Lipinski definition) is 2.